The van der Waals surface area contributed by atoms with Gasteiger partial charge in [0.2, 0.25) is 5.91 Å². The Morgan fingerprint density at radius 3 is 2.07 bits per heavy atom. The number of cyclic esters (lactones) is 1. The highest BCUT2D eigenvalue weighted by atomic mass is 16.8. The first-order valence-electron chi connectivity index (χ1n) is 9.93. The molecule has 164 valence electrons. The van der Waals surface area contributed by atoms with Gasteiger partial charge in [-0.2, -0.15) is 5.26 Å². The molecular weight excluding hydrogens is 386 g/mol. The molecule has 1 heterocycles. The lowest BCUT2D eigenvalue weighted by Crippen LogP contribution is -2.40. The molecule has 0 saturated heterocycles. The summed E-state index contributed by atoms with van der Waals surface area (Å²) in [6.45, 7) is 13.0. The molecule has 1 amide bonds. The molecule has 3 N–H and O–H groups in total. The van der Waals surface area contributed by atoms with Gasteiger partial charge in [-0.1, -0.05) is 51.1 Å². The van der Waals surface area contributed by atoms with Gasteiger partial charge in [0.1, 0.15) is 11.5 Å². The standard InChI is InChI=1S/C16H16N2O5.C6H15N/c1-16(2)22-14(20)12(15(21)23-16)11(10(8-17)13(18)19)9-6-4-3-5-7-9;1-4-7(5-2)6-3/h3-7,10-11,20H,1-2H3,(H2,18,19);4-6H2,1-3H3. The summed E-state index contributed by atoms with van der Waals surface area (Å²) in [6.07, 6.45) is 0. The Morgan fingerprint density at radius 2 is 1.70 bits per heavy atom. The summed E-state index contributed by atoms with van der Waals surface area (Å²) in [5.41, 5.74) is 5.43. The molecule has 0 spiro atoms. The topological polar surface area (TPSA) is 126 Å². The van der Waals surface area contributed by atoms with Crippen molar-refractivity contribution in [2.45, 2.75) is 46.3 Å². The van der Waals surface area contributed by atoms with Gasteiger partial charge < -0.3 is 25.2 Å². The molecule has 30 heavy (non-hydrogen) atoms. The summed E-state index contributed by atoms with van der Waals surface area (Å²) in [5.74, 6) is -6.27. The van der Waals surface area contributed by atoms with E-state index in [9.17, 15) is 20.0 Å². The van der Waals surface area contributed by atoms with Crippen molar-refractivity contribution < 1.29 is 24.2 Å². The molecule has 0 fully saturated rings. The van der Waals surface area contributed by atoms with Crippen molar-refractivity contribution in [1.82, 2.24) is 4.90 Å². The molecule has 0 aromatic heterocycles. The second kappa shape index (κ2) is 11.2. The van der Waals surface area contributed by atoms with Crippen LogP contribution in [0.25, 0.3) is 0 Å². The zero-order valence-corrected chi connectivity index (χ0v) is 18.2. The van der Waals surface area contributed by atoms with Crippen LogP contribution in [0, 0.1) is 17.2 Å². The Bertz CT molecular complexity index is 789. The number of hydrogen-bond acceptors (Lipinski definition) is 7. The normalized spacial score (nSPS) is 17.0. The molecule has 1 aromatic rings. The molecule has 0 bridgehead atoms. The average Bonchev–Trinajstić information content (AvgIpc) is 2.68. The molecule has 2 unspecified atom stereocenters. The number of primary amides is 1. The van der Waals surface area contributed by atoms with Crippen molar-refractivity contribution in [2.24, 2.45) is 11.7 Å². The van der Waals surface area contributed by atoms with Crippen LogP contribution in [-0.4, -0.2) is 47.3 Å². The number of esters is 1. The molecule has 8 nitrogen and oxygen atoms in total. The van der Waals surface area contributed by atoms with Crippen LogP contribution in [0.3, 0.4) is 0 Å². The molecule has 1 aromatic carbocycles. The Hall–Kier alpha value is -3.05. The third-order valence-electron chi connectivity index (χ3n) is 4.72. The molecule has 8 heteroatoms. The molecule has 0 radical (unpaired) electrons. The van der Waals surface area contributed by atoms with E-state index in [4.69, 9.17) is 15.2 Å². The van der Waals surface area contributed by atoms with Crippen molar-refractivity contribution in [3.63, 3.8) is 0 Å². The first-order valence-corrected chi connectivity index (χ1v) is 9.93. The number of carbonyl (C=O) groups excluding carboxylic acids is 2. The highest BCUT2D eigenvalue weighted by molar-refractivity contribution is 5.93. The fourth-order valence-electron chi connectivity index (χ4n) is 3.09. The van der Waals surface area contributed by atoms with Crippen molar-refractivity contribution >= 4 is 11.9 Å². The first kappa shape index (κ1) is 25.0. The maximum absolute atomic E-state index is 12.3. The van der Waals surface area contributed by atoms with Gasteiger partial charge in [0.15, 0.2) is 0 Å². The molecule has 1 aliphatic heterocycles. The lowest BCUT2D eigenvalue weighted by atomic mass is 9.80. The fraction of sp³-hybridized carbons (Fsp3) is 0.500. The minimum absolute atomic E-state index is 0.305. The van der Waals surface area contributed by atoms with Gasteiger partial charge in [-0.25, -0.2) is 4.79 Å². The summed E-state index contributed by atoms with van der Waals surface area (Å²) in [6, 6.07) is 10.1. The van der Waals surface area contributed by atoms with Gasteiger partial charge in [-0.05, 0) is 25.2 Å². The summed E-state index contributed by atoms with van der Waals surface area (Å²) in [7, 11) is 0. The van der Waals surface area contributed by atoms with Crippen LogP contribution < -0.4 is 5.73 Å². The monoisotopic (exact) mass is 417 g/mol. The van der Waals surface area contributed by atoms with Crippen molar-refractivity contribution in [3.05, 3.63) is 47.4 Å². The maximum atomic E-state index is 12.3. The fourth-order valence-corrected chi connectivity index (χ4v) is 3.09. The predicted octanol–water partition coefficient (Wildman–Crippen LogP) is 2.82. The number of nitriles is 1. The van der Waals surface area contributed by atoms with E-state index in [1.54, 1.807) is 36.4 Å². The number of aliphatic hydroxyl groups is 1. The average molecular weight is 418 g/mol. The van der Waals surface area contributed by atoms with Gasteiger partial charge >= 0.3 is 5.97 Å². The molecule has 2 rings (SSSR count). The van der Waals surface area contributed by atoms with Crippen molar-refractivity contribution in [2.75, 3.05) is 19.6 Å². The van der Waals surface area contributed by atoms with Crippen molar-refractivity contribution in [1.29, 1.82) is 5.26 Å². The molecule has 0 saturated carbocycles. The summed E-state index contributed by atoms with van der Waals surface area (Å²) in [5, 5.41) is 19.4. The minimum Gasteiger partial charge on any atom is -0.480 e. The molecule has 2 atom stereocenters. The number of hydrogen-bond donors (Lipinski definition) is 2. The van der Waals surface area contributed by atoms with Crippen LogP contribution in [0.5, 0.6) is 0 Å². The predicted molar refractivity (Wildman–Crippen MR) is 112 cm³/mol. The van der Waals surface area contributed by atoms with Gasteiger partial charge in [-0.3, -0.25) is 4.79 Å². The smallest absolute Gasteiger partial charge is 0.345 e. The SMILES string of the molecule is CC1(C)OC(=O)C(C(c2ccccc2)C(C#N)C(N)=O)=C(O)O1.CCN(CC)CC. The third-order valence-corrected chi connectivity index (χ3v) is 4.72. The van der Waals surface area contributed by atoms with Crippen LogP contribution in [-0.2, 0) is 19.1 Å². The van der Waals surface area contributed by atoms with Crippen LogP contribution in [0.4, 0.5) is 0 Å². The summed E-state index contributed by atoms with van der Waals surface area (Å²) < 4.78 is 10.3. The third kappa shape index (κ3) is 6.49. The second-order valence-corrected chi connectivity index (χ2v) is 7.13. The number of nitrogens with two attached hydrogens (primary N) is 1. The summed E-state index contributed by atoms with van der Waals surface area (Å²) in [4.78, 5) is 26.3. The van der Waals surface area contributed by atoms with Crippen LogP contribution in [0.1, 0.15) is 46.1 Å². The second-order valence-electron chi connectivity index (χ2n) is 7.13. The van der Waals surface area contributed by atoms with E-state index >= 15 is 0 Å². The zero-order chi connectivity index (χ0) is 22.9. The van der Waals surface area contributed by atoms with E-state index in [1.807, 2.05) is 0 Å². The van der Waals surface area contributed by atoms with Crippen LogP contribution >= 0.6 is 0 Å². The molecular formula is C22H31N3O5. The van der Waals surface area contributed by atoms with E-state index in [-0.39, 0.29) is 5.57 Å². The van der Waals surface area contributed by atoms with E-state index in [0.29, 0.717) is 5.56 Å². The van der Waals surface area contributed by atoms with E-state index in [1.165, 1.54) is 33.5 Å². The summed E-state index contributed by atoms with van der Waals surface area (Å²) >= 11 is 0. The Kier molecular flexibility index (Phi) is 9.34. The maximum Gasteiger partial charge on any atom is 0.345 e. The van der Waals surface area contributed by atoms with Crippen LogP contribution in [0.15, 0.2) is 41.9 Å². The Labute approximate surface area is 177 Å². The number of amides is 1. The minimum atomic E-state index is -1.37. The lowest BCUT2D eigenvalue weighted by Gasteiger charge is -2.33. The Balaban J connectivity index is 0.000000553. The largest absolute Gasteiger partial charge is 0.480 e. The van der Waals surface area contributed by atoms with Gasteiger partial charge in [-0.15, -0.1) is 0 Å². The number of ether oxygens (including phenoxy) is 2. The number of rotatable bonds is 7. The van der Waals surface area contributed by atoms with Crippen molar-refractivity contribution in [3.8, 4) is 6.07 Å². The zero-order valence-electron chi connectivity index (χ0n) is 18.2. The number of benzene rings is 1. The van der Waals surface area contributed by atoms with Gasteiger partial charge in [0.05, 0.1) is 6.07 Å². The highest BCUT2D eigenvalue weighted by Crippen LogP contribution is 2.38. The molecule has 0 aliphatic carbocycles. The van der Waals surface area contributed by atoms with Gasteiger partial charge in [0.25, 0.3) is 11.7 Å². The lowest BCUT2D eigenvalue weighted by molar-refractivity contribution is -0.222. The first-order chi connectivity index (χ1) is 14.1. The van der Waals surface area contributed by atoms with E-state index in [0.717, 1.165) is 0 Å². The number of aliphatic hydroxyl groups excluding tert-OH is 1. The van der Waals surface area contributed by atoms with Crippen LogP contribution in [0.2, 0.25) is 0 Å². The number of nitrogens with zero attached hydrogens (tertiary/aromatic N) is 2. The Morgan fingerprint density at radius 1 is 1.17 bits per heavy atom. The molecule has 1 aliphatic rings. The van der Waals surface area contributed by atoms with Gasteiger partial charge in [0, 0.05) is 19.8 Å². The van der Waals surface area contributed by atoms with E-state index in [2.05, 4.69) is 25.7 Å². The quantitative estimate of drug-likeness (QED) is 0.653. The van der Waals surface area contributed by atoms with E-state index < -0.39 is 35.4 Å². The number of carbonyl (C=O) groups is 2. The highest BCUT2D eigenvalue weighted by Gasteiger charge is 2.44.